The van der Waals surface area contributed by atoms with Crippen LogP contribution in [-0.4, -0.2) is 34.9 Å². The molecule has 0 aliphatic rings. The molecule has 0 saturated carbocycles. The van der Waals surface area contributed by atoms with Crippen LogP contribution in [0.5, 0.6) is 0 Å². The van der Waals surface area contributed by atoms with Gasteiger partial charge in [0.05, 0.1) is 18.8 Å². The summed E-state index contributed by atoms with van der Waals surface area (Å²) < 4.78 is 0. The quantitative estimate of drug-likeness (QED) is 0.0420. The van der Waals surface area contributed by atoms with E-state index < -0.39 is 12.1 Å². The second-order valence-electron chi connectivity index (χ2n) is 20.0. The number of unbranched alkanes of at least 4 members (excludes halogenated alkanes) is 31. The third-order valence-electron chi connectivity index (χ3n) is 13.3. The lowest BCUT2D eigenvalue weighted by atomic mass is 10.0. The molecular weight excluding hydrogens is 855 g/mol. The summed E-state index contributed by atoms with van der Waals surface area (Å²) in [4.78, 5) is 12.5. The number of amides is 1. The van der Waals surface area contributed by atoms with Crippen molar-refractivity contribution in [1.29, 1.82) is 0 Å². The zero-order valence-corrected chi connectivity index (χ0v) is 46.3. The lowest BCUT2D eigenvalue weighted by Gasteiger charge is -2.20. The summed E-state index contributed by atoms with van der Waals surface area (Å²) in [6, 6.07) is -0.627. The average Bonchev–Trinajstić information content (AvgIpc) is 3.36. The second-order valence-corrected chi connectivity index (χ2v) is 20.0. The fraction of sp³-hybridized carbons (Fsp3) is 0.712. The molecule has 0 heterocycles. The molecule has 0 aromatic carbocycles. The number of carbonyl (C=O) groups is 1. The van der Waals surface area contributed by atoms with Crippen molar-refractivity contribution in [2.24, 2.45) is 0 Å². The molecule has 1 amide bonds. The largest absolute Gasteiger partial charge is 0.394 e. The highest BCUT2D eigenvalue weighted by Crippen LogP contribution is 2.16. The first-order valence-corrected chi connectivity index (χ1v) is 30.1. The summed E-state index contributed by atoms with van der Waals surface area (Å²) >= 11 is 0. The molecule has 0 aromatic rings. The molecule has 0 spiro atoms. The first kappa shape index (κ1) is 67.0. The lowest BCUT2D eigenvalue weighted by molar-refractivity contribution is -0.123. The Labute approximate surface area is 436 Å². The second kappa shape index (κ2) is 60.4. The molecule has 3 N–H and O–H groups in total. The number of rotatable bonds is 54. The molecule has 0 saturated heterocycles. The molecule has 0 rings (SSSR count). The molecule has 0 aromatic heterocycles. The van der Waals surface area contributed by atoms with Gasteiger partial charge in [0.15, 0.2) is 0 Å². The van der Waals surface area contributed by atoms with Crippen molar-refractivity contribution in [2.75, 3.05) is 6.61 Å². The van der Waals surface area contributed by atoms with Gasteiger partial charge in [-0.2, -0.15) is 0 Å². The average molecular weight is 971 g/mol. The van der Waals surface area contributed by atoms with Gasteiger partial charge >= 0.3 is 0 Å². The number of carbonyl (C=O) groups excluding carboxylic acids is 1. The number of aliphatic hydroxyl groups excluding tert-OH is 2. The maximum absolute atomic E-state index is 12.5. The molecule has 70 heavy (non-hydrogen) atoms. The first-order valence-electron chi connectivity index (χ1n) is 30.1. The topological polar surface area (TPSA) is 69.6 Å². The van der Waals surface area contributed by atoms with Crippen LogP contribution in [0.1, 0.15) is 284 Å². The molecule has 4 heteroatoms. The van der Waals surface area contributed by atoms with Crippen LogP contribution in [0.4, 0.5) is 0 Å². The van der Waals surface area contributed by atoms with E-state index in [4.69, 9.17) is 0 Å². The third kappa shape index (κ3) is 56.0. The van der Waals surface area contributed by atoms with E-state index in [-0.39, 0.29) is 12.5 Å². The predicted molar refractivity (Wildman–Crippen MR) is 313 cm³/mol. The standard InChI is InChI=1S/C66H115NO3/c1-3-5-7-9-11-13-15-17-19-21-22-23-24-25-26-27-28-29-30-31-32-33-34-35-36-37-38-39-40-41-42-43-44-46-48-50-52-54-56-58-60-62-66(70)67-64(63-68)65(69)61-59-57-55-53-51-49-47-45-20-18-16-14-12-10-8-6-4-2/h5,7,11,13,17,19,22-23,25-26,28-29,31-32,34-35,59,61,64-65,68-69H,3-4,6,8-10,12,14-16,18,20-21,24,27,30,33,36-58,60,62-63H2,1-2H3,(H,67,70)/b7-5-,13-11-,19-17-,23-22-,26-25-,29-28-,32-31-,35-34-,61-59+. The minimum atomic E-state index is -0.843. The molecule has 2 unspecified atom stereocenters. The van der Waals surface area contributed by atoms with Gasteiger partial charge in [0.25, 0.3) is 0 Å². The minimum absolute atomic E-state index is 0.0647. The molecule has 0 fully saturated rings. The van der Waals surface area contributed by atoms with Crippen LogP contribution in [0.3, 0.4) is 0 Å². The smallest absolute Gasteiger partial charge is 0.220 e. The summed E-state index contributed by atoms with van der Waals surface area (Å²) in [6.07, 6.45) is 91.2. The summed E-state index contributed by atoms with van der Waals surface area (Å²) in [7, 11) is 0. The van der Waals surface area contributed by atoms with E-state index in [1.54, 1.807) is 6.08 Å². The van der Waals surface area contributed by atoms with E-state index >= 15 is 0 Å². The molecule has 2 atom stereocenters. The van der Waals surface area contributed by atoms with Gasteiger partial charge < -0.3 is 15.5 Å². The molecule has 4 nitrogen and oxygen atoms in total. The van der Waals surface area contributed by atoms with E-state index in [1.165, 1.54) is 186 Å². The number of hydrogen-bond donors (Lipinski definition) is 3. The first-order chi connectivity index (χ1) is 34.7. The van der Waals surface area contributed by atoms with Crippen LogP contribution >= 0.6 is 0 Å². The van der Waals surface area contributed by atoms with Crippen LogP contribution in [0.15, 0.2) is 109 Å². The molecule has 0 aliphatic heterocycles. The van der Waals surface area contributed by atoms with E-state index in [1.807, 2.05) is 6.08 Å². The monoisotopic (exact) mass is 970 g/mol. The van der Waals surface area contributed by atoms with Gasteiger partial charge in [-0.3, -0.25) is 4.79 Å². The van der Waals surface area contributed by atoms with Crippen molar-refractivity contribution in [1.82, 2.24) is 5.32 Å². The van der Waals surface area contributed by atoms with Crippen LogP contribution in [0, 0.1) is 0 Å². The Morgan fingerprint density at radius 2 is 0.629 bits per heavy atom. The highest BCUT2D eigenvalue weighted by molar-refractivity contribution is 5.76. The lowest BCUT2D eigenvalue weighted by Crippen LogP contribution is -2.45. The summed E-state index contributed by atoms with van der Waals surface area (Å²) in [5.74, 6) is -0.0647. The Kier molecular flexibility index (Phi) is 57.8. The fourth-order valence-corrected chi connectivity index (χ4v) is 8.73. The van der Waals surface area contributed by atoms with Gasteiger partial charge in [-0.15, -0.1) is 0 Å². The van der Waals surface area contributed by atoms with Gasteiger partial charge in [0, 0.05) is 6.42 Å². The number of nitrogens with one attached hydrogen (secondary N) is 1. The van der Waals surface area contributed by atoms with Crippen molar-refractivity contribution in [2.45, 2.75) is 296 Å². The molecule has 0 aliphatic carbocycles. The SMILES string of the molecule is CC/C=C\C/C=C\C/C=C\C/C=C\C/C=C\C/C=C\C/C=C\C/C=C\CCCCCCCCCCCCCCCCCCC(=O)NC(CO)C(O)/C=C/CCCCCCCCCCCCCCCCC. The zero-order valence-electron chi connectivity index (χ0n) is 46.3. The van der Waals surface area contributed by atoms with Crippen molar-refractivity contribution in [3.8, 4) is 0 Å². The maximum Gasteiger partial charge on any atom is 0.220 e. The maximum atomic E-state index is 12.5. The Bertz CT molecular complexity index is 1330. The zero-order chi connectivity index (χ0) is 50.6. The van der Waals surface area contributed by atoms with Gasteiger partial charge in [-0.05, 0) is 83.5 Å². The minimum Gasteiger partial charge on any atom is -0.394 e. The van der Waals surface area contributed by atoms with Gasteiger partial charge in [-0.25, -0.2) is 0 Å². The van der Waals surface area contributed by atoms with Crippen molar-refractivity contribution >= 4 is 5.91 Å². The fourth-order valence-electron chi connectivity index (χ4n) is 8.73. The summed E-state index contributed by atoms with van der Waals surface area (Å²) in [6.45, 7) is 4.20. The van der Waals surface area contributed by atoms with Crippen LogP contribution in [-0.2, 0) is 4.79 Å². The normalized spacial score (nSPS) is 13.6. The Balaban J connectivity index is 3.52. The predicted octanol–water partition coefficient (Wildman–Crippen LogP) is 20.3. The van der Waals surface area contributed by atoms with E-state index in [0.29, 0.717) is 6.42 Å². The van der Waals surface area contributed by atoms with Crippen LogP contribution in [0.25, 0.3) is 0 Å². The number of allylic oxidation sites excluding steroid dienone is 17. The molecule has 402 valence electrons. The number of hydrogen-bond acceptors (Lipinski definition) is 3. The summed E-state index contributed by atoms with van der Waals surface area (Å²) in [5.41, 5.74) is 0. The highest BCUT2D eigenvalue weighted by Gasteiger charge is 2.18. The van der Waals surface area contributed by atoms with Crippen LogP contribution in [0.2, 0.25) is 0 Å². The highest BCUT2D eigenvalue weighted by atomic mass is 16.3. The van der Waals surface area contributed by atoms with Crippen molar-refractivity contribution in [3.05, 3.63) is 109 Å². The van der Waals surface area contributed by atoms with Gasteiger partial charge in [0.1, 0.15) is 0 Å². The van der Waals surface area contributed by atoms with Gasteiger partial charge in [-0.1, -0.05) is 303 Å². The Morgan fingerprint density at radius 1 is 0.357 bits per heavy atom. The number of aliphatic hydroxyl groups is 2. The Hall–Kier alpha value is -2.95. The van der Waals surface area contributed by atoms with Gasteiger partial charge in [0.2, 0.25) is 5.91 Å². The van der Waals surface area contributed by atoms with E-state index in [0.717, 1.165) is 77.0 Å². The van der Waals surface area contributed by atoms with E-state index in [9.17, 15) is 15.0 Å². The van der Waals surface area contributed by atoms with Crippen molar-refractivity contribution < 1.29 is 15.0 Å². The third-order valence-corrected chi connectivity index (χ3v) is 13.3. The van der Waals surface area contributed by atoms with E-state index in [2.05, 4.69) is 116 Å². The molecule has 0 radical (unpaired) electrons. The van der Waals surface area contributed by atoms with Crippen LogP contribution < -0.4 is 5.32 Å². The summed E-state index contributed by atoms with van der Waals surface area (Å²) in [5, 5.41) is 23.2. The van der Waals surface area contributed by atoms with Crippen molar-refractivity contribution in [3.63, 3.8) is 0 Å². The Morgan fingerprint density at radius 3 is 0.943 bits per heavy atom. The molecule has 0 bridgehead atoms. The molecular formula is C66H115NO3.